The summed E-state index contributed by atoms with van der Waals surface area (Å²) in [6, 6.07) is 7.70. The average Bonchev–Trinajstić information content (AvgIpc) is 3.54. The van der Waals surface area contributed by atoms with Crippen molar-refractivity contribution in [1.29, 1.82) is 0 Å². The molecule has 2 aliphatic heterocycles. The number of carbonyl (C=O) groups is 2. The fourth-order valence-corrected chi connectivity index (χ4v) is 5.64. The van der Waals surface area contributed by atoms with Gasteiger partial charge >= 0.3 is 5.97 Å². The molecule has 1 fully saturated rings. The molecule has 1 saturated heterocycles. The summed E-state index contributed by atoms with van der Waals surface area (Å²) in [7, 11) is 0. The molecule has 0 spiro atoms. The first-order valence-electron chi connectivity index (χ1n) is 10.7. The molecule has 4 heterocycles. The van der Waals surface area contributed by atoms with Gasteiger partial charge in [-0.15, -0.1) is 11.3 Å². The molecule has 3 aliphatic rings. The first-order chi connectivity index (χ1) is 15.1. The number of dihydropyridines is 1. The fraction of sp³-hybridized carbons (Fsp3) is 0.417. The highest BCUT2D eigenvalue weighted by molar-refractivity contribution is 7.10. The minimum absolute atomic E-state index is 0.00134. The Kier molecular flexibility index (Phi) is 5.54. The Bertz CT molecular complexity index is 1030. The zero-order chi connectivity index (χ0) is 21.4. The van der Waals surface area contributed by atoms with Crippen LogP contribution in [0.5, 0.6) is 0 Å². The Morgan fingerprint density at radius 3 is 2.90 bits per heavy atom. The molecule has 31 heavy (non-hydrogen) atoms. The van der Waals surface area contributed by atoms with Crippen LogP contribution in [0.25, 0.3) is 0 Å². The Morgan fingerprint density at radius 2 is 2.19 bits per heavy atom. The normalized spacial score (nSPS) is 26.1. The number of nitrogens with one attached hydrogen (secondary N) is 1. The molecule has 3 atom stereocenters. The standard InChI is InChI=1S/C24H25NO5S/c1-14-21(24(27)30-13-16-5-2-8-28-16)23(20-7-4-10-31-20)22-17(25-14)11-15(12-18(22)26)19-6-3-9-29-19/h3-4,6-7,9-10,15-16,23,25H,2,5,8,11-13H2,1H3/t15-,16-,23+/m0/s1. The molecule has 6 nitrogen and oxygen atoms in total. The summed E-state index contributed by atoms with van der Waals surface area (Å²) in [6.45, 7) is 2.84. The number of ketones is 1. The van der Waals surface area contributed by atoms with Gasteiger partial charge in [0.1, 0.15) is 12.4 Å². The molecule has 0 bridgehead atoms. The van der Waals surface area contributed by atoms with Gasteiger partial charge in [-0.25, -0.2) is 4.79 Å². The number of hydrogen-bond acceptors (Lipinski definition) is 7. The van der Waals surface area contributed by atoms with Crippen molar-refractivity contribution in [2.45, 2.75) is 50.5 Å². The van der Waals surface area contributed by atoms with Crippen LogP contribution in [0.1, 0.15) is 55.1 Å². The molecule has 7 heteroatoms. The van der Waals surface area contributed by atoms with E-state index < -0.39 is 5.92 Å². The minimum Gasteiger partial charge on any atom is -0.469 e. The zero-order valence-electron chi connectivity index (χ0n) is 17.4. The van der Waals surface area contributed by atoms with Crippen molar-refractivity contribution in [3.8, 4) is 0 Å². The van der Waals surface area contributed by atoms with Gasteiger partial charge in [-0.1, -0.05) is 6.07 Å². The van der Waals surface area contributed by atoms with E-state index in [4.69, 9.17) is 13.9 Å². The number of esters is 1. The number of furan rings is 1. The van der Waals surface area contributed by atoms with Gasteiger partial charge in [0.15, 0.2) is 5.78 Å². The Labute approximate surface area is 184 Å². The monoisotopic (exact) mass is 439 g/mol. The van der Waals surface area contributed by atoms with Gasteiger partial charge in [0, 0.05) is 40.8 Å². The summed E-state index contributed by atoms with van der Waals surface area (Å²) < 4.78 is 16.8. The van der Waals surface area contributed by atoms with Crippen LogP contribution in [0.3, 0.4) is 0 Å². The Morgan fingerprint density at radius 1 is 1.29 bits per heavy atom. The molecule has 2 aromatic rings. The number of rotatable bonds is 5. The molecule has 0 unspecified atom stereocenters. The van der Waals surface area contributed by atoms with E-state index in [1.807, 2.05) is 36.6 Å². The van der Waals surface area contributed by atoms with Gasteiger partial charge < -0.3 is 19.2 Å². The molecule has 1 aliphatic carbocycles. The third-order valence-electron chi connectivity index (χ3n) is 6.25. The van der Waals surface area contributed by atoms with E-state index in [0.29, 0.717) is 30.6 Å². The first kappa shape index (κ1) is 20.3. The van der Waals surface area contributed by atoms with Crippen LogP contribution in [0.2, 0.25) is 0 Å². The molecule has 0 amide bonds. The second-order valence-corrected chi connectivity index (χ2v) is 9.26. The van der Waals surface area contributed by atoms with Crippen LogP contribution in [0.15, 0.2) is 62.9 Å². The van der Waals surface area contributed by atoms with E-state index in [-0.39, 0.29) is 30.4 Å². The van der Waals surface area contributed by atoms with Gasteiger partial charge in [-0.05, 0) is 49.8 Å². The molecule has 2 aromatic heterocycles. The van der Waals surface area contributed by atoms with E-state index in [1.165, 1.54) is 0 Å². The third kappa shape index (κ3) is 3.88. The number of allylic oxidation sites excluding steroid dienone is 3. The highest BCUT2D eigenvalue weighted by Gasteiger charge is 2.42. The lowest BCUT2D eigenvalue weighted by Gasteiger charge is -2.35. The summed E-state index contributed by atoms with van der Waals surface area (Å²) in [5, 5.41) is 5.33. The van der Waals surface area contributed by atoms with Crippen LogP contribution in [-0.4, -0.2) is 31.1 Å². The van der Waals surface area contributed by atoms with Crippen LogP contribution in [0, 0.1) is 0 Å². The summed E-state index contributed by atoms with van der Waals surface area (Å²) in [6.07, 6.45) is 4.53. The lowest BCUT2D eigenvalue weighted by atomic mass is 9.74. The number of thiophene rings is 1. The Hall–Kier alpha value is -2.64. The number of ether oxygens (including phenoxy) is 2. The molecule has 0 radical (unpaired) electrons. The van der Waals surface area contributed by atoms with Crippen molar-refractivity contribution in [2.75, 3.05) is 13.2 Å². The van der Waals surface area contributed by atoms with Crippen molar-refractivity contribution in [1.82, 2.24) is 5.32 Å². The number of carbonyl (C=O) groups excluding carboxylic acids is 2. The van der Waals surface area contributed by atoms with E-state index in [0.717, 1.165) is 34.9 Å². The van der Waals surface area contributed by atoms with E-state index >= 15 is 0 Å². The van der Waals surface area contributed by atoms with Crippen LogP contribution < -0.4 is 5.32 Å². The minimum atomic E-state index is -0.404. The van der Waals surface area contributed by atoms with Crippen LogP contribution in [0.4, 0.5) is 0 Å². The summed E-state index contributed by atoms with van der Waals surface area (Å²) in [4.78, 5) is 27.5. The lowest BCUT2D eigenvalue weighted by molar-refractivity contribution is -0.142. The predicted octanol–water partition coefficient (Wildman–Crippen LogP) is 4.42. The molecule has 1 N–H and O–H groups in total. The van der Waals surface area contributed by atoms with Gasteiger partial charge in [0.2, 0.25) is 0 Å². The zero-order valence-corrected chi connectivity index (χ0v) is 18.2. The van der Waals surface area contributed by atoms with Crippen molar-refractivity contribution >= 4 is 23.1 Å². The highest BCUT2D eigenvalue weighted by Crippen LogP contribution is 2.46. The molecule has 162 valence electrons. The topological polar surface area (TPSA) is 77.8 Å². The maximum atomic E-state index is 13.4. The quantitative estimate of drug-likeness (QED) is 0.695. The average molecular weight is 440 g/mol. The van der Waals surface area contributed by atoms with Crippen molar-refractivity contribution < 1.29 is 23.5 Å². The van der Waals surface area contributed by atoms with Gasteiger partial charge in [-0.3, -0.25) is 4.79 Å². The van der Waals surface area contributed by atoms with Crippen LogP contribution in [-0.2, 0) is 19.1 Å². The maximum absolute atomic E-state index is 13.4. The first-order valence-corrected chi connectivity index (χ1v) is 11.6. The summed E-state index contributed by atoms with van der Waals surface area (Å²) >= 11 is 1.55. The van der Waals surface area contributed by atoms with E-state index in [9.17, 15) is 9.59 Å². The second kappa shape index (κ2) is 8.48. The molecular formula is C24H25NO5S. The smallest absolute Gasteiger partial charge is 0.336 e. The van der Waals surface area contributed by atoms with Crippen molar-refractivity contribution in [3.63, 3.8) is 0 Å². The number of Topliss-reactive ketones (excluding diaryl/α,β-unsaturated/α-hetero) is 1. The van der Waals surface area contributed by atoms with Crippen LogP contribution >= 0.6 is 11.3 Å². The lowest BCUT2D eigenvalue weighted by Crippen LogP contribution is -2.36. The highest BCUT2D eigenvalue weighted by atomic mass is 32.1. The fourth-order valence-electron chi connectivity index (χ4n) is 4.80. The largest absolute Gasteiger partial charge is 0.469 e. The van der Waals surface area contributed by atoms with Crippen molar-refractivity contribution in [3.05, 3.63) is 69.1 Å². The summed E-state index contributed by atoms with van der Waals surface area (Å²) in [5.74, 6) is 0.0755. The van der Waals surface area contributed by atoms with E-state index in [2.05, 4.69) is 5.32 Å². The van der Waals surface area contributed by atoms with Gasteiger partial charge in [0.05, 0.1) is 23.9 Å². The third-order valence-corrected chi connectivity index (χ3v) is 7.18. The molecule has 5 rings (SSSR count). The molecular weight excluding hydrogens is 414 g/mol. The number of hydrogen-bond donors (Lipinski definition) is 1. The SMILES string of the molecule is CC1=C(C(=O)OC[C@@H]2CCCO2)[C@@H](c2cccs2)C2=C(C[C@H](c3ccco3)CC2=O)N1. The van der Waals surface area contributed by atoms with Gasteiger partial charge in [-0.2, -0.15) is 0 Å². The Balaban J connectivity index is 1.46. The van der Waals surface area contributed by atoms with Crippen molar-refractivity contribution in [2.24, 2.45) is 0 Å². The molecule has 0 aromatic carbocycles. The van der Waals surface area contributed by atoms with Gasteiger partial charge in [0.25, 0.3) is 0 Å². The summed E-state index contributed by atoms with van der Waals surface area (Å²) in [5.41, 5.74) is 2.82. The maximum Gasteiger partial charge on any atom is 0.336 e. The second-order valence-electron chi connectivity index (χ2n) is 8.28. The predicted molar refractivity (Wildman–Crippen MR) is 116 cm³/mol. The van der Waals surface area contributed by atoms with E-state index in [1.54, 1.807) is 17.6 Å². The molecule has 0 saturated carbocycles.